The normalized spacial score (nSPS) is 29.3. The lowest BCUT2D eigenvalue weighted by Gasteiger charge is -2.39. The third-order valence-corrected chi connectivity index (χ3v) is 6.34. The zero-order valence-electron chi connectivity index (χ0n) is 16.0. The first-order valence-electron chi connectivity index (χ1n) is 10.1. The molecule has 3 fully saturated rings. The van der Waals surface area contributed by atoms with Gasteiger partial charge in [-0.05, 0) is 61.8 Å². The summed E-state index contributed by atoms with van der Waals surface area (Å²) in [4.78, 5) is 14.6. The van der Waals surface area contributed by atoms with Gasteiger partial charge in [0, 0.05) is 38.8 Å². The van der Waals surface area contributed by atoms with E-state index in [9.17, 15) is 9.18 Å². The number of nitrogens with zero attached hydrogens (tertiary/aromatic N) is 1. The molecule has 6 heteroatoms. The standard InChI is InChI=1S/C21H29FN2O3/c1-15-12-17(22)2-3-19(15)16-4-8-24(9-5-16)20(25)23-18-6-10-27-21(13-18)7-11-26-14-21/h2-3,12,16,18H,4-11,13-14H2,1H3,(H,23,25)/t18-,21+/m0/s1. The molecule has 5 nitrogen and oxygen atoms in total. The lowest BCUT2D eigenvalue weighted by molar-refractivity contribution is -0.0881. The Morgan fingerprint density at radius 2 is 2.07 bits per heavy atom. The van der Waals surface area contributed by atoms with E-state index >= 15 is 0 Å². The van der Waals surface area contributed by atoms with Crippen LogP contribution in [-0.2, 0) is 9.47 Å². The minimum Gasteiger partial charge on any atom is -0.378 e. The predicted molar refractivity (Wildman–Crippen MR) is 100 cm³/mol. The van der Waals surface area contributed by atoms with E-state index < -0.39 is 0 Å². The fraction of sp³-hybridized carbons (Fsp3) is 0.667. The smallest absolute Gasteiger partial charge is 0.317 e. The largest absolute Gasteiger partial charge is 0.378 e. The first-order valence-corrected chi connectivity index (χ1v) is 10.1. The Balaban J connectivity index is 1.29. The van der Waals surface area contributed by atoms with Crippen LogP contribution in [0.15, 0.2) is 18.2 Å². The molecule has 0 aliphatic carbocycles. The quantitative estimate of drug-likeness (QED) is 0.861. The van der Waals surface area contributed by atoms with Crippen molar-refractivity contribution in [1.29, 1.82) is 0 Å². The molecule has 0 bridgehead atoms. The minimum absolute atomic E-state index is 0.0326. The summed E-state index contributed by atoms with van der Waals surface area (Å²) >= 11 is 0. The minimum atomic E-state index is -0.191. The number of likely N-dealkylation sites (tertiary alicyclic amines) is 1. The summed E-state index contributed by atoms with van der Waals surface area (Å²) in [5, 5.41) is 3.22. The maximum atomic E-state index is 13.3. The molecule has 0 saturated carbocycles. The van der Waals surface area contributed by atoms with Gasteiger partial charge in [0.05, 0.1) is 12.2 Å². The van der Waals surface area contributed by atoms with Crippen molar-refractivity contribution in [2.45, 2.75) is 56.6 Å². The van der Waals surface area contributed by atoms with Crippen LogP contribution in [0.4, 0.5) is 9.18 Å². The van der Waals surface area contributed by atoms with Crippen molar-refractivity contribution in [2.24, 2.45) is 0 Å². The molecule has 0 aromatic heterocycles. The highest BCUT2D eigenvalue weighted by Gasteiger charge is 2.41. The second-order valence-electron chi connectivity index (χ2n) is 8.24. The number of urea groups is 1. The SMILES string of the molecule is Cc1cc(F)ccc1C1CCN(C(=O)N[C@H]2CCO[C@]3(CCOC3)C2)CC1. The molecule has 0 radical (unpaired) electrons. The van der Waals surface area contributed by atoms with Crippen molar-refractivity contribution >= 4 is 6.03 Å². The van der Waals surface area contributed by atoms with E-state index in [2.05, 4.69) is 5.32 Å². The fourth-order valence-electron chi connectivity index (χ4n) is 4.77. The number of hydrogen-bond donors (Lipinski definition) is 1. The number of piperidine rings is 1. The number of carbonyl (C=O) groups is 1. The Morgan fingerprint density at radius 3 is 2.78 bits per heavy atom. The van der Waals surface area contributed by atoms with E-state index in [0.717, 1.165) is 57.4 Å². The number of rotatable bonds is 2. The van der Waals surface area contributed by atoms with Gasteiger partial charge in [-0.1, -0.05) is 6.07 Å². The molecule has 1 spiro atoms. The average molecular weight is 376 g/mol. The van der Waals surface area contributed by atoms with E-state index in [1.54, 1.807) is 6.07 Å². The van der Waals surface area contributed by atoms with E-state index in [4.69, 9.17) is 9.47 Å². The summed E-state index contributed by atoms with van der Waals surface area (Å²) in [5.74, 6) is 0.214. The van der Waals surface area contributed by atoms with E-state index in [-0.39, 0.29) is 23.5 Å². The highest BCUT2D eigenvalue weighted by Crippen LogP contribution is 2.33. The van der Waals surface area contributed by atoms with Crippen LogP contribution in [0.25, 0.3) is 0 Å². The molecule has 1 aromatic carbocycles. The number of benzene rings is 1. The van der Waals surface area contributed by atoms with Crippen LogP contribution in [0, 0.1) is 12.7 Å². The highest BCUT2D eigenvalue weighted by atomic mass is 19.1. The first-order chi connectivity index (χ1) is 13.0. The van der Waals surface area contributed by atoms with Crippen LogP contribution in [0.5, 0.6) is 0 Å². The number of halogens is 1. The van der Waals surface area contributed by atoms with Gasteiger partial charge in [0.1, 0.15) is 5.82 Å². The molecule has 3 saturated heterocycles. The third-order valence-electron chi connectivity index (χ3n) is 6.34. The number of amides is 2. The van der Waals surface area contributed by atoms with Crippen molar-refractivity contribution < 1.29 is 18.7 Å². The maximum Gasteiger partial charge on any atom is 0.317 e. The van der Waals surface area contributed by atoms with Crippen molar-refractivity contribution in [2.75, 3.05) is 32.9 Å². The molecule has 148 valence electrons. The average Bonchev–Trinajstić information content (AvgIpc) is 3.09. The van der Waals surface area contributed by atoms with Gasteiger partial charge < -0.3 is 19.7 Å². The Kier molecular flexibility index (Phi) is 5.37. The summed E-state index contributed by atoms with van der Waals surface area (Å²) in [6.07, 6.45) is 4.46. The van der Waals surface area contributed by atoms with E-state index in [1.165, 1.54) is 11.6 Å². The van der Waals surface area contributed by atoms with Gasteiger partial charge in [-0.25, -0.2) is 9.18 Å². The summed E-state index contributed by atoms with van der Waals surface area (Å²) in [5.41, 5.74) is 2.02. The fourth-order valence-corrected chi connectivity index (χ4v) is 4.77. The van der Waals surface area contributed by atoms with Crippen molar-refractivity contribution in [3.63, 3.8) is 0 Å². The van der Waals surface area contributed by atoms with E-state index in [0.29, 0.717) is 19.1 Å². The molecule has 3 heterocycles. The number of nitrogens with one attached hydrogen (secondary N) is 1. The molecular formula is C21H29FN2O3. The van der Waals surface area contributed by atoms with Gasteiger partial charge in [-0.2, -0.15) is 0 Å². The van der Waals surface area contributed by atoms with Gasteiger partial charge in [-0.15, -0.1) is 0 Å². The monoisotopic (exact) mass is 376 g/mol. The number of ether oxygens (including phenoxy) is 2. The van der Waals surface area contributed by atoms with Crippen LogP contribution in [-0.4, -0.2) is 55.5 Å². The van der Waals surface area contributed by atoms with E-state index in [1.807, 2.05) is 17.9 Å². The molecule has 2 amide bonds. The van der Waals surface area contributed by atoms with Gasteiger partial charge >= 0.3 is 6.03 Å². The summed E-state index contributed by atoms with van der Waals surface area (Å²) < 4.78 is 24.8. The van der Waals surface area contributed by atoms with Gasteiger partial charge in [0.15, 0.2) is 0 Å². The van der Waals surface area contributed by atoms with Crippen LogP contribution in [0.3, 0.4) is 0 Å². The van der Waals surface area contributed by atoms with Crippen LogP contribution < -0.4 is 5.32 Å². The summed E-state index contributed by atoms with van der Waals surface area (Å²) in [7, 11) is 0. The van der Waals surface area contributed by atoms with Crippen LogP contribution in [0.2, 0.25) is 0 Å². The zero-order valence-corrected chi connectivity index (χ0v) is 16.0. The Bertz CT molecular complexity index is 682. The molecule has 1 N–H and O–H groups in total. The van der Waals surface area contributed by atoms with Crippen molar-refractivity contribution in [3.05, 3.63) is 35.1 Å². The predicted octanol–water partition coefficient (Wildman–Crippen LogP) is 3.36. The molecule has 3 aliphatic rings. The number of carbonyl (C=O) groups excluding carboxylic acids is 1. The number of hydrogen-bond acceptors (Lipinski definition) is 3. The Labute approximate surface area is 160 Å². The lowest BCUT2D eigenvalue weighted by atomic mass is 9.87. The lowest BCUT2D eigenvalue weighted by Crippen LogP contribution is -2.53. The molecule has 2 atom stereocenters. The second-order valence-corrected chi connectivity index (χ2v) is 8.24. The maximum absolute atomic E-state index is 13.3. The van der Waals surface area contributed by atoms with Crippen LogP contribution >= 0.6 is 0 Å². The van der Waals surface area contributed by atoms with Gasteiger partial charge in [-0.3, -0.25) is 0 Å². The molecule has 1 aromatic rings. The highest BCUT2D eigenvalue weighted by molar-refractivity contribution is 5.74. The molecule has 0 unspecified atom stereocenters. The molecular weight excluding hydrogens is 347 g/mol. The molecule has 3 aliphatic heterocycles. The van der Waals surface area contributed by atoms with Gasteiger partial charge in [0.2, 0.25) is 0 Å². The second kappa shape index (κ2) is 7.76. The zero-order chi connectivity index (χ0) is 18.9. The summed E-state index contributed by atoms with van der Waals surface area (Å²) in [6.45, 7) is 5.51. The Hall–Kier alpha value is -1.66. The van der Waals surface area contributed by atoms with Gasteiger partial charge in [0.25, 0.3) is 0 Å². The Morgan fingerprint density at radius 1 is 1.26 bits per heavy atom. The number of aryl methyl sites for hydroxylation is 1. The molecule has 27 heavy (non-hydrogen) atoms. The summed E-state index contributed by atoms with van der Waals surface area (Å²) in [6, 6.07) is 5.23. The van der Waals surface area contributed by atoms with Crippen LogP contribution in [0.1, 0.15) is 49.1 Å². The van der Waals surface area contributed by atoms with Crippen molar-refractivity contribution in [1.82, 2.24) is 10.2 Å². The topological polar surface area (TPSA) is 50.8 Å². The first kappa shape index (κ1) is 18.7. The third kappa shape index (κ3) is 4.11. The molecule has 4 rings (SSSR count). The van der Waals surface area contributed by atoms with Crippen molar-refractivity contribution in [3.8, 4) is 0 Å².